The lowest BCUT2D eigenvalue weighted by atomic mass is 10.0. The maximum absolute atomic E-state index is 12.8. The summed E-state index contributed by atoms with van der Waals surface area (Å²) in [6.07, 6.45) is 0.227. The van der Waals surface area contributed by atoms with E-state index in [4.69, 9.17) is 9.26 Å². The zero-order valence-corrected chi connectivity index (χ0v) is 14.5. The maximum atomic E-state index is 12.8. The Kier molecular flexibility index (Phi) is 5.28. The molecule has 25 heavy (non-hydrogen) atoms. The van der Waals surface area contributed by atoms with Crippen molar-refractivity contribution in [1.29, 1.82) is 0 Å². The van der Waals surface area contributed by atoms with E-state index in [2.05, 4.69) is 5.16 Å². The van der Waals surface area contributed by atoms with Crippen molar-refractivity contribution in [3.05, 3.63) is 53.4 Å². The quantitative estimate of drug-likeness (QED) is 0.781. The summed E-state index contributed by atoms with van der Waals surface area (Å²) < 4.78 is 10.7. The second-order valence-electron chi connectivity index (χ2n) is 6.49. The fourth-order valence-electron chi connectivity index (χ4n) is 2.86. The van der Waals surface area contributed by atoms with Crippen molar-refractivity contribution >= 4 is 11.7 Å². The standard InChI is InChI=1S/C19H22N2O4/c1-13(2)18-11-16(20-25-18)19(23)21-8-9-24-12-15(21)10-17(22)14-6-4-3-5-7-14/h3-7,11,13,15H,8-10,12H2,1-2H3/t15-/m0/s1. The molecule has 0 aliphatic carbocycles. The maximum Gasteiger partial charge on any atom is 0.276 e. The Bertz CT molecular complexity index is 739. The van der Waals surface area contributed by atoms with Gasteiger partial charge >= 0.3 is 0 Å². The van der Waals surface area contributed by atoms with Crippen LogP contribution in [0.25, 0.3) is 0 Å². The second kappa shape index (κ2) is 7.61. The average molecular weight is 342 g/mol. The van der Waals surface area contributed by atoms with E-state index >= 15 is 0 Å². The van der Waals surface area contributed by atoms with Gasteiger partial charge in [0.15, 0.2) is 11.5 Å². The summed E-state index contributed by atoms with van der Waals surface area (Å²) in [5.41, 5.74) is 0.923. The highest BCUT2D eigenvalue weighted by molar-refractivity contribution is 5.97. The highest BCUT2D eigenvalue weighted by atomic mass is 16.5. The van der Waals surface area contributed by atoms with Crippen LogP contribution in [0.15, 0.2) is 40.9 Å². The summed E-state index contributed by atoms with van der Waals surface area (Å²) in [6, 6.07) is 10.5. The van der Waals surface area contributed by atoms with Gasteiger partial charge in [-0.1, -0.05) is 49.3 Å². The fraction of sp³-hybridized carbons (Fsp3) is 0.421. The minimum atomic E-state index is -0.298. The van der Waals surface area contributed by atoms with Crippen molar-refractivity contribution < 1.29 is 18.8 Å². The van der Waals surface area contributed by atoms with E-state index < -0.39 is 0 Å². The van der Waals surface area contributed by atoms with Crippen molar-refractivity contribution in [2.75, 3.05) is 19.8 Å². The largest absolute Gasteiger partial charge is 0.377 e. The first-order valence-corrected chi connectivity index (χ1v) is 8.50. The van der Waals surface area contributed by atoms with E-state index in [0.717, 1.165) is 0 Å². The van der Waals surface area contributed by atoms with E-state index in [0.29, 0.717) is 31.1 Å². The van der Waals surface area contributed by atoms with Gasteiger partial charge in [0, 0.05) is 30.5 Å². The first-order chi connectivity index (χ1) is 12.1. The van der Waals surface area contributed by atoms with E-state index in [9.17, 15) is 9.59 Å². The number of ether oxygens (including phenoxy) is 1. The molecule has 0 bridgehead atoms. The summed E-state index contributed by atoms with van der Waals surface area (Å²) >= 11 is 0. The predicted molar refractivity (Wildman–Crippen MR) is 91.6 cm³/mol. The summed E-state index contributed by atoms with van der Waals surface area (Å²) in [4.78, 5) is 27.0. The van der Waals surface area contributed by atoms with E-state index in [-0.39, 0.29) is 35.8 Å². The Hall–Kier alpha value is -2.47. The molecule has 1 fully saturated rings. The van der Waals surface area contributed by atoms with Gasteiger partial charge in [-0.05, 0) is 0 Å². The van der Waals surface area contributed by atoms with Gasteiger partial charge in [0.05, 0.1) is 19.3 Å². The lowest BCUT2D eigenvalue weighted by Gasteiger charge is -2.34. The number of carbonyl (C=O) groups is 2. The number of amides is 1. The van der Waals surface area contributed by atoms with Gasteiger partial charge in [0.25, 0.3) is 5.91 Å². The number of benzene rings is 1. The number of rotatable bonds is 5. The van der Waals surface area contributed by atoms with Crippen LogP contribution in [-0.2, 0) is 4.74 Å². The molecule has 3 rings (SSSR count). The summed E-state index contributed by atoms with van der Waals surface area (Å²) in [6.45, 7) is 5.20. The van der Waals surface area contributed by atoms with E-state index in [1.54, 1.807) is 23.1 Å². The summed E-state index contributed by atoms with van der Waals surface area (Å²) in [7, 11) is 0. The normalized spacial score (nSPS) is 17.7. The molecule has 0 spiro atoms. The minimum Gasteiger partial charge on any atom is -0.377 e. The van der Waals surface area contributed by atoms with Crippen molar-refractivity contribution in [2.24, 2.45) is 0 Å². The molecular formula is C19H22N2O4. The number of nitrogens with zero attached hydrogens (tertiary/aromatic N) is 2. The van der Waals surface area contributed by atoms with Crippen LogP contribution in [0.2, 0.25) is 0 Å². The van der Waals surface area contributed by atoms with Gasteiger partial charge < -0.3 is 14.2 Å². The number of Topliss-reactive ketones (excluding diaryl/α,β-unsaturated/α-hetero) is 1. The molecule has 2 heterocycles. The number of morpholine rings is 1. The molecule has 0 unspecified atom stereocenters. The van der Waals surface area contributed by atoms with Crippen LogP contribution in [0.5, 0.6) is 0 Å². The van der Waals surface area contributed by atoms with E-state index in [1.165, 1.54) is 0 Å². The Morgan fingerprint density at radius 1 is 1.28 bits per heavy atom. The highest BCUT2D eigenvalue weighted by Gasteiger charge is 2.31. The van der Waals surface area contributed by atoms with Crippen LogP contribution < -0.4 is 0 Å². The molecule has 6 nitrogen and oxygen atoms in total. The molecule has 1 aromatic heterocycles. The Morgan fingerprint density at radius 3 is 2.72 bits per heavy atom. The molecule has 132 valence electrons. The lowest BCUT2D eigenvalue weighted by Crippen LogP contribution is -2.49. The molecule has 1 saturated heterocycles. The molecule has 1 aliphatic heterocycles. The first-order valence-electron chi connectivity index (χ1n) is 8.50. The first kappa shape index (κ1) is 17.4. The third-order valence-electron chi connectivity index (χ3n) is 4.32. The topological polar surface area (TPSA) is 72.6 Å². The van der Waals surface area contributed by atoms with Gasteiger partial charge in [-0.15, -0.1) is 0 Å². The molecule has 1 amide bonds. The van der Waals surface area contributed by atoms with Crippen LogP contribution in [-0.4, -0.2) is 47.5 Å². The van der Waals surface area contributed by atoms with Crippen molar-refractivity contribution in [1.82, 2.24) is 10.1 Å². The zero-order valence-electron chi connectivity index (χ0n) is 14.5. The molecule has 2 aromatic rings. The van der Waals surface area contributed by atoms with Crippen molar-refractivity contribution in [3.8, 4) is 0 Å². The molecule has 1 aliphatic rings. The Balaban J connectivity index is 1.74. The zero-order chi connectivity index (χ0) is 17.8. The number of hydrogen-bond acceptors (Lipinski definition) is 5. The monoisotopic (exact) mass is 342 g/mol. The van der Waals surface area contributed by atoms with Crippen LogP contribution in [0, 0.1) is 0 Å². The van der Waals surface area contributed by atoms with Gasteiger partial charge in [-0.25, -0.2) is 0 Å². The molecule has 0 N–H and O–H groups in total. The number of hydrogen-bond donors (Lipinski definition) is 0. The van der Waals surface area contributed by atoms with Crippen LogP contribution in [0.4, 0.5) is 0 Å². The van der Waals surface area contributed by atoms with Crippen LogP contribution in [0.1, 0.15) is 52.8 Å². The minimum absolute atomic E-state index is 0.00285. The number of aromatic nitrogens is 1. The molecule has 6 heteroatoms. The second-order valence-corrected chi connectivity index (χ2v) is 6.49. The van der Waals surface area contributed by atoms with Crippen molar-refractivity contribution in [3.63, 3.8) is 0 Å². The van der Waals surface area contributed by atoms with E-state index in [1.807, 2.05) is 32.0 Å². The average Bonchev–Trinajstić information content (AvgIpc) is 3.13. The third-order valence-corrected chi connectivity index (χ3v) is 4.32. The summed E-state index contributed by atoms with van der Waals surface area (Å²) in [5, 5.41) is 3.89. The summed E-state index contributed by atoms with van der Waals surface area (Å²) in [5.74, 6) is 0.615. The van der Waals surface area contributed by atoms with Gasteiger partial charge in [0.1, 0.15) is 5.76 Å². The van der Waals surface area contributed by atoms with Gasteiger partial charge in [0.2, 0.25) is 0 Å². The Labute approximate surface area is 146 Å². The van der Waals surface area contributed by atoms with Gasteiger partial charge in [-0.2, -0.15) is 0 Å². The number of ketones is 1. The number of carbonyl (C=O) groups excluding carboxylic acids is 2. The van der Waals surface area contributed by atoms with Crippen LogP contribution >= 0.6 is 0 Å². The van der Waals surface area contributed by atoms with Crippen molar-refractivity contribution in [2.45, 2.75) is 32.2 Å². The lowest BCUT2D eigenvalue weighted by molar-refractivity contribution is -0.00329. The fourth-order valence-corrected chi connectivity index (χ4v) is 2.86. The molecule has 0 saturated carbocycles. The van der Waals surface area contributed by atoms with Gasteiger partial charge in [-0.3, -0.25) is 9.59 Å². The predicted octanol–water partition coefficient (Wildman–Crippen LogP) is 2.91. The SMILES string of the molecule is CC(C)c1cc(C(=O)N2CCOC[C@@H]2CC(=O)c2ccccc2)no1. The molecule has 1 atom stereocenters. The molecule has 1 aromatic carbocycles. The molecule has 0 radical (unpaired) electrons. The Morgan fingerprint density at radius 2 is 2.04 bits per heavy atom. The smallest absolute Gasteiger partial charge is 0.276 e. The highest BCUT2D eigenvalue weighted by Crippen LogP contribution is 2.20. The molecular weight excluding hydrogens is 320 g/mol. The van der Waals surface area contributed by atoms with Crippen LogP contribution in [0.3, 0.4) is 0 Å². The third kappa shape index (κ3) is 3.96.